The Labute approximate surface area is 189 Å². The molecule has 7 heteroatoms. The number of nitrogens with zero attached hydrogens (tertiary/aromatic N) is 1. The number of amides is 3. The van der Waals surface area contributed by atoms with E-state index in [2.05, 4.69) is 22.9 Å². The van der Waals surface area contributed by atoms with E-state index < -0.39 is 0 Å². The predicted molar refractivity (Wildman–Crippen MR) is 127 cm³/mol. The van der Waals surface area contributed by atoms with Crippen LogP contribution in [0.15, 0.2) is 48.5 Å². The van der Waals surface area contributed by atoms with Gasteiger partial charge in [-0.3, -0.25) is 14.4 Å². The second-order valence-electron chi connectivity index (χ2n) is 8.02. The lowest BCUT2D eigenvalue weighted by Gasteiger charge is -2.26. The van der Waals surface area contributed by atoms with E-state index in [0.717, 1.165) is 44.5 Å². The highest BCUT2D eigenvalue weighted by Crippen LogP contribution is 2.16. The van der Waals surface area contributed by atoms with Gasteiger partial charge < -0.3 is 20.9 Å². The molecule has 0 unspecified atom stereocenters. The fourth-order valence-electron chi connectivity index (χ4n) is 3.61. The number of unbranched alkanes of at least 4 members (excludes halogenated alkanes) is 1. The van der Waals surface area contributed by atoms with Crippen molar-refractivity contribution in [3.05, 3.63) is 59.7 Å². The van der Waals surface area contributed by atoms with E-state index in [1.165, 1.54) is 6.42 Å². The minimum Gasteiger partial charge on any atom is -0.376 e. The maximum atomic E-state index is 12.7. The van der Waals surface area contributed by atoms with Crippen LogP contribution >= 0.6 is 0 Å². The number of hydrogen-bond donors (Lipinski definition) is 3. The van der Waals surface area contributed by atoms with Gasteiger partial charge in [0.05, 0.1) is 6.54 Å². The summed E-state index contributed by atoms with van der Waals surface area (Å²) in [5.41, 5.74) is 2.54. The van der Waals surface area contributed by atoms with Crippen molar-refractivity contribution in [1.29, 1.82) is 0 Å². The van der Waals surface area contributed by atoms with E-state index in [1.54, 1.807) is 30.3 Å². The van der Waals surface area contributed by atoms with E-state index in [-0.39, 0.29) is 24.3 Å². The molecule has 1 aliphatic rings. The van der Waals surface area contributed by atoms with Gasteiger partial charge in [0.25, 0.3) is 11.8 Å². The minimum atomic E-state index is -0.210. The molecule has 0 bridgehead atoms. The van der Waals surface area contributed by atoms with E-state index in [4.69, 9.17) is 0 Å². The second-order valence-corrected chi connectivity index (χ2v) is 8.02. The van der Waals surface area contributed by atoms with Crippen LogP contribution in [0.1, 0.15) is 59.7 Å². The minimum absolute atomic E-state index is 0.0385. The zero-order valence-electron chi connectivity index (χ0n) is 18.7. The van der Waals surface area contributed by atoms with Crippen molar-refractivity contribution in [2.75, 3.05) is 36.8 Å². The average Bonchev–Trinajstić information content (AvgIpc) is 2.83. The summed E-state index contributed by atoms with van der Waals surface area (Å²) in [6.07, 6.45) is 5.25. The van der Waals surface area contributed by atoms with Crippen LogP contribution in [0.2, 0.25) is 0 Å². The van der Waals surface area contributed by atoms with Crippen molar-refractivity contribution < 1.29 is 14.4 Å². The van der Waals surface area contributed by atoms with Gasteiger partial charge in [-0.25, -0.2) is 0 Å². The normalized spacial score (nSPS) is 13.3. The van der Waals surface area contributed by atoms with Crippen LogP contribution in [-0.4, -0.2) is 48.8 Å². The molecule has 0 aliphatic carbocycles. The molecule has 1 heterocycles. The Hall–Kier alpha value is -3.35. The highest BCUT2D eigenvalue weighted by atomic mass is 16.2. The summed E-state index contributed by atoms with van der Waals surface area (Å²) in [4.78, 5) is 38.9. The molecule has 1 fully saturated rings. The molecule has 0 atom stereocenters. The maximum absolute atomic E-state index is 12.7. The topological polar surface area (TPSA) is 90.5 Å². The summed E-state index contributed by atoms with van der Waals surface area (Å²) in [5, 5.41) is 8.75. The number of nitrogens with one attached hydrogen (secondary N) is 3. The first-order chi connectivity index (χ1) is 15.6. The molecule has 32 heavy (non-hydrogen) atoms. The van der Waals surface area contributed by atoms with Crippen molar-refractivity contribution in [2.45, 2.75) is 39.0 Å². The van der Waals surface area contributed by atoms with E-state index >= 15 is 0 Å². The first kappa shape index (κ1) is 23.3. The fraction of sp³-hybridized carbons (Fsp3) is 0.400. The number of likely N-dealkylation sites (tertiary alicyclic amines) is 1. The van der Waals surface area contributed by atoms with Gasteiger partial charge in [-0.1, -0.05) is 19.4 Å². The summed E-state index contributed by atoms with van der Waals surface area (Å²) >= 11 is 0. The summed E-state index contributed by atoms with van der Waals surface area (Å²) in [6, 6.07) is 14.1. The molecule has 0 saturated carbocycles. The van der Waals surface area contributed by atoms with E-state index in [0.29, 0.717) is 23.4 Å². The van der Waals surface area contributed by atoms with Crippen LogP contribution in [0, 0.1) is 0 Å². The quantitative estimate of drug-likeness (QED) is 0.520. The SMILES string of the molecule is CCCCNC(=O)c1ccc(NC(=O)CNc2cccc(C(=O)N3CCCCC3)c2)cc1. The predicted octanol–water partition coefficient (Wildman–Crippen LogP) is 3.89. The third-order valence-electron chi connectivity index (χ3n) is 5.45. The first-order valence-corrected chi connectivity index (χ1v) is 11.4. The Kier molecular flexibility index (Phi) is 8.66. The summed E-state index contributed by atoms with van der Waals surface area (Å²) in [5.74, 6) is -0.286. The lowest BCUT2D eigenvalue weighted by molar-refractivity contribution is -0.114. The molecule has 2 aromatic rings. The molecule has 170 valence electrons. The molecule has 3 N–H and O–H groups in total. The number of piperidine rings is 1. The highest BCUT2D eigenvalue weighted by molar-refractivity contribution is 5.97. The van der Waals surface area contributed by atoms with E-state index in [9.17, 15) is 14.4 Å². The van der Waals surface area contributed by atoms with Gasteiger partial charge in [0.1, 0.15) is 0 Å². The van der Waals surface area contributed by atoms with Gasteiger partial charge in [0, 0.05) is 42.1 Å². The van der Waals surface area contributed by atoms with Crippen LogP contribution in [0.3, 0.4) is 0 Å². The Balaban J connectivity index is 1.48. The van der Waals surface area contributed by atoms with Crippen molar-refractivity contribution in [1.82, 2.24) is 10.2 Å². The van der Waals surface area contributed by atoms with Gasteiger partial charge in [-0.05, 0) is 68.1 Å². The number of benzene rings is 2. The molecular weight excluding hydrogens is 404 g/mol. The number of rotatable bonds is 9. The lowest BCUT2D eigenvalue weighted by Crippen LogP contribution is -2.35. The lowest BCUT2D eigenvalue weighted by atomic mass is 10.1. The third kappa shape index (κ3) is 6.83. The Bertz CT molecular complexity index is 921. The molecule has 2 aromatic carbocycles. The molecule has 0 aromatic heterocycles. The van der Waals surface area contributed by atoms with Crippen molar-refractivity contribution in [3.8, 4) is 0 Å². The zero-order chi connectivity index (χ0) is 22.8. The Morgan fingerprint density at radius 3 is 2.38 bits per heavy atom. The van der Waals surface area contributed by atoms with Crippen LogP contribution in [0.25, 0.3) is 0 Å². The number of carbonyl (C=O) groups is 3. The van der Waals surface area contributed by atoms with Crippen molar-refractivity contribution in [3.63, 3.8) is 0 Å². The second kappa shape index (κ2) is 11.9. The van der Waals surface area contributed by atoms with Gasteiger partial charge >= 0.3 is 0 Å². The van der Waals surface area contributed by atoms with Crippen molar-refractivity contribution >= 4 is 29.1 Å². The molecular formula is C25H32N4O3. The van der Waals surface area contributed by atoms with Gasteiger partial charge in [0.15, 0.2) is 0 Å². The molecule has 3 amide bonds. The largest absolute Gasteiger partial charge is 0.376 e. The maximum Gasteiger partial charge on any atom is 0.253 e. The monoisotopic (exact) mass is 436 g/mol. The summed E-state index contributed by atoms with van der Waals surface area (Å²) in [7, 11) is 0. The molecule has 0 radical (unpaired) electrons. The summed E-state index contributed by atoms with van der Waals surface area (Å²) in [6.45, 7) is 4.41. The highest BCUT2D eigenvalue weighted by Gasteiger charge is 2.18. The standard InChI is InChI=1S/C25H32N4O3/c1-2-3-14-26-24(31)19-10-12-21(13-11-19)28-23(30)18-27-22-9-7-8-20(17-22)25(32)29-15-5-4-6-16-29/h7-13,17,27H,2-6,14-16,18H2,1H3,(H,26,31)(H,28,30). The molecule has 1 aliphatic heterocycles. The zero-order valence-corrected chi connectivity index (χ0v) is 18.7. The summed E-state index contributed by atoms with van der Waals surface area (Å²) < 4.78 is 0. The van der Waals surface area contributed by atoms with Gasteiger partial charge in [-0.2, -0.15) is 0 Å². The first-order valence-electron chi connectivity index (χ1n) is 11.4. The molecule has 1 saturated heterocycles. The Morgan fingerprint density at radius 1 is 0.906 bits per heavy atom. The number of anilines is 2. The third-order valence-corrected chi connectivity index (χ3v) is 5.45. The van der Waals surface area contributed by atoms with Crippen molar-refractivity contribution in [2.24, 2.45) is 0 Å². The smallest absolute Gasteiger partial charge is 0.253 e. The molecule has 3 rings (SSSR count). The van der Waals surface area contributed by atoms with Crippen LogP contribution in [0.4, 0.5) is 11.4 Å². The van der Waals surface area contributed by atoms with Gasteiger partial charge in [-0.15, -0.1) is 0 Å². The van der Waals surface area contributed by atoms with Crippen LogP contribution in [-0.2, 0) is 4.79 Å². The van der Waals surface area contributed by atoms with Gasteiger partial charge in [0.2, 0.25) is 5.91 Å². The number of carbonyl (C=O) groups excluding carboxylic acids is 3. The average molecular weight is 437 g/mol. The Morgan fingerprint density at radius 2 is 1.66 bits per heavy atom. The van der Waals surface area contributed by atoms with E-state index in [1.807, 2.05) is 23.1 Å². The van der Waals surface area contributed by atoms with Crippen LogP contribution in [0.5, 0.6) is 0 Å². The van der Waals surface area contributed by atoms with Crippen LogP contribution < -0.4 is 16.0 Å². The molecule has 0 spiro atoms. The number of hydrogen-bond acceptors (Lipinski definition) is 4. The fourth-order valence-corrected chi connectivity index (χ4v) is 3.61. The molecule has 7 nitrogen and oxygen atoms in total.